The van der Waals surface area contributed by atoms with Crippen LogP contribution in [0, 0.1) is 6.92 Å². The number of phenolic OH excluding ortho intramolecular Hbond substituents is 1. The first-order chi connectivity index (χ1) is 13.5. The van der Waals surface area contributed by atoms with Gasteiger partial charge in [-0.05, 0) is 48.9 Å². The Balaban J connectivity index is 1.99. The van der Waals surface area contributed by atoms with Crippen LogP contribution in [0.1, 0.15) is 15.9 Å². The molecule has 0 radical (unpaired) electrons. The Bertz CT molecular complexity index is 1210. The highest BCUT2D eigenvalue weighted by Crippen LogP contribution is 2.25. The lowest BCUT2D eigenvalue weighted by Gasteiger charge is -2.11. The van der Waals surface area contributed by atoms with Crippen LogP contribution in [0.3, 0.4) is 0 Å². The van der Waals surface area contributed by atoms with Gasteiger partial charge in [0.2, 0.25) is 0 Å². The number of hydrogen-bond donors (Lipinski definition) is 1. The molecule has 2 heterocycles. The maximum Gasteiger partial charge on any atom is 0.341 e. The van der Waals surface area contributed by atoms with E-state index in [0.29, 0.717) is 11.4 Å². The summed E-state index contributed by atoms with van der Waals surface area (Å²) in [6, 6.07) is 13.8. The topological polar surface area (TPSA) is 86.4 Å². The number of pyridine rings is 1. The number of benzene rings is 2. The molecule has 0 aliphatic carbocycles. The van der Waals surface area contributed by atoms with Crippen LogP contribution in [-0.2, 0) is 4.74 Å². The van der Waals surface area contributed by atoms with Gasteiger partial charge in [-0.1, -0.05) is 12.1 Å². The molecule has 0 spiro atoms. The summed E-state index contributed by atoms with van der Waals surface area (Å²) < 4.78 is 7.80. The minimum atomic E-state index is -0.591. The van der Waals surface area contributed by atoms with Gasteiger partial charge in [0.25, 0.3) is 5.56 Å². The quantitative estimate of drug-likeness (QED) is 0.557. The lowest BCUT2D eigenvalue weighted by Crippen LogP contribution is -2.15. The molecule has 2 aliphatic rings. The Kier molecular flexibility index (Phi) is 4.19. The van der Waals surface area contributed by atoms with E-state index in [1.165, 1.54) is 23.9 Å². The van der Waals surface area contributed by atoms with Gasteiger partial charge in [0.15, 0.2) is 0 Å². The number of methoxy groups -OCH3 is 1. The highest BCUT2D eigenvalue weighted by atomic mass is 16.5. The van der Waals surface area contributed by atoms with Gasteiger partial charge in [-0.3, -0.25) is 4.79 Å². The summed E-state index contributed by atoms with van der Waals surface area (Å²) in [5.41, 5.74) is 2.69. The lowest BCUT2D eigenvalue weighted by molar-refractivity contribution is 0.0600. The molecule has 4 rings (SSSR count). The molecule has 0 atom stereocenters. The standard InChI is InChI=1S/C21H17N3O4/c1-13-4-3-5-15(10-13)24-20(26)17-11-23(14-6-8-16(25)9-7-14)12-18(19(17)22-24)21(27)28-2/h3-12,25H,1-2H3. The summed E-state index contributed by atoms with van der Waals surface area (Å²) in [6.07, 6.45) is 3.18. The van der Waals surface area contributed by atoms with Crippen molar-refractivity contribution in [1.82, 2.24) is 14.3 Å². The molecule has 140 valence electrons. The smallest absolute Gasteiger partial charge is 0.341 e. The second kappa shape index (κ2) is 6.70. The number of ether oxygens (including phenoxy) is 1. The van der Waals surface area contributed by atoms with Crippen LogP contribution in [0.25, 0.3) is 22.6 Å². The average Bonchev–Trinajstić information content (AvgIpc) is 3.04. The van der Waals surface area contributed by atoms with Gasteiger partial charge in [0.1, 0.15) is 17.0 Å². The van der Waals surface area contributed by atoms with Crippen LogP contribution >= 0.6 is 0 Å². The first kappa shape index (κ1) is 17.5. The van der Waals surface area contributed by atoms with Crippen LogP contribution in [0.5, 0.6) is 5.75 Å². The van der Waals surface area contributed by atoms with Gasteiger partial charge in [0, 0.05) is 18.1 Å². The monoisotopic (exact) mass is 375 g/mol. The molecule has 0 amide bonds. The minimum absolute atomic E-state index is 0.121. The molecule has 7 nitrogen and oxygen atoms in total. The van der Waals surface area contributed by atoms with E-state index >= 15 is 0 Å². The third-order valence-electron chi connectivity index (χ3n) is 4.47. The number of fused-ring (bicyclic) bond motifs is 1. The van der Waals surface area contributed by atoms with Gasteiger partial charge < -0.3 is 14.4 Å². The van der Waals surface area contributed by atoms with Crippen molar-refractivity contribution in [2.24, 2.45) is 0 Å². The summed E-state index contributed by atoms with van der Waals surface area (Å²) in [4.78, 5) is 25.4. The van der Waals surface area contributed by atoms with Gasteiger partial charge in [-0.15, -0.1) is 0 Å². The molecular weight excluding hydrogens is 358 g/mol. The number of carbonyl (C=O) groups is 1. The molecule has 28 heavy (non-hydrogen) atoms. The molecule has 0 saturated carbocycles. The summed E-state index contributed by atoms with van der Waals surface area (Å²) >= 11 is 0. The van der Waals surface area contributed by atoms with Crippen LogP contribution < -0.4 is 5.56 Å². The molecule has 1 N–H and O–H groups in total. The highest BCUT2D eigenvalue weighted by molar-refractivity contribution is 5.96. The zero-order valence-corrected chi connectivity index (χ0v) is 15.3. The first-order valence-corrected chi connectivity index (χ1v) is 8.58. The van der Waals surface area contributed by atoms with Crippen LogP contribution in [-0.4, -0.2) is 32.5 Å². The summed E-state index contributed by atoms with van der Waals surface area (Å²) in [5, 5.41) is 13.9. The number of rotatable bonds is 3. The number of aromatic hydroxyl groups is 1. The van der Waals surface area contributed by atoms with Crippen molar-refractivity contribution in [2.45, 2.75) is 6.92 Å². The molecule has 0 fully saturated rings. The number of phenols is 1. The fourth-order valence-corrected chi connectivity index (χ4v) is 3.07. The minimum Gasteiger partial charge on any atom is -0.508 e. The zero-order valence-electron chi connectivity index (χ0n) is 15.3. The van der Waals surface area contributed by atoms with E-state index in [1.807, 2.05) is 25.1 Å². The third-order valence-corrected chi connectivity index (χ3v) is 4.47. The Morgan fingerprint density at radius 2 is 1.82 bits per heavy atom. The molecule has 7 heteroatoms. The Labute approximate surface area is 160 Å². The van der Waals surface area contributed by atoms with Gasteiger partial charge in [-0.25, -0.2) is 4.79 Å². The van der Waals surface area contributed by atoms with Gasteiger partial charge in [0.05, 0.1) is 18.4 Å². The van der Waals surface area contributed by atoms with Crippen molar-refractivity contribution in [1.29, 1.82) is 0 Å². The van der Waals surface area contributed by atoms with Crippen molar-refractivity contribution in [3.63, 3.8) is 0 Å². The summed E-state index contributed by atoms with van der Waals surface area (Å²) in [6.45, 7) is 1.93. The predicted molar refractivity (Wildman–Crippen MR) is 104 cm³/mol. The molecule has 0 aromatic heterocycles. The average molecular weight is 375 g/mol. The SMILES string of the molecule is COC(=O)c1cn(-c2ccc(O)cc2)cc2c(=O)n(-c3cccc(C)c3)nc1-2. The van der Waals surface area contributed by atoms with E-state index in [1.54, 1.807) is 35.2 Å². The molecule has 0 saturated heterocycles. The third kappa shape index (κ3) is 2.92. The Morgan fingerprint density at radius 3 is 2.50 bits per heavy atom. The van der Waals surface area contributed by atoms with Crippen molar-refractivity contribution in [3.8, 4) is 28.4 Å². The van der Waals surface area contributed by atoms with Crippen molar-refractivity contribution < 1.29 is 14.6 Å². The highest BCUT2D eigenvalue weighted by Gasteiger charge is 2.25. The number of aromatic nitrogens is 3. The summed E-state index contributed by atoms with van der Waals surface area (Å²) in [5.74, 6) is -0.470. The maximum absolute atomic E-state index is 13.0. The molecule has 0 bridgehead atoms. The largest absolute Gasteiger partial charge is 0.508 e. The van der Waals surface area contributed by atoms with Crippen LogP contribution in [0.2, 0.25) is 0 Å². The fourth-order valence-electron chi connectivity index (χ4n) is 3.07. The van der Waals surface area contributed by atoms with Crippen molar-refractivity contribution in [3.05, 3.63) is 82.4 Å². The van der Waals surface area contributed by atoms with Crippen molar-refractivity contribution >= 4 is 5.97 Å². The Morgan fingerprint density at radius 1 is 1.07 bits per heavy atom. The van der Waals surface area contributed by atoms with Gasteiger partial charge in [-0.2, -0.15) is 9.78 Å². The number of aryl methyl sites for hydroxylation is 1. The number of esters is 1. The molecule has 2 aromatic carbocycles. The first-order valence-electron chi connectivity index (χ1n) is 8.58. The lowest BCUT2D eigenvalue weighted by atomic mass is 10.1. The second-order valence-electron chi connectivity index (χ2n) is 6.41. The van der Waals surface area contributed by atoms with E-state index < -0.39 is 5.97 Å². The van der Waals surface area contributed by atoms with E-state index in [9.17, 15) is 14.7 Å². The van der Waals surface area contributed by atoms with E-state index in [2.05, 4.69) is 5.10 Å². The predicted octanol–water partition coefficient (Wildman–Crippen LogP) is 2.93. The number of carbonyl (C=O) groups excluding carboxylic acids is 1. The van der Waals surface area contributed by atoms with Gasteiger partial charge >= 0.3 is 5.97 Å². The number of nitrogens with zero attached hydrogens (tertiary/aromatic N) is 3. The number of hydrogen-bond acceptors (Lipinski definition) is 5. The van der Waals surface area contributed by atoms with E-state index in [-0.39, 0.29) is 28.1 Å². The van der Waals surface area contributed by atoms with E-state index in [0.717, 1.165) is 5.56 Å². The zero-order chi connectivity index (χ0) is 19.8. The van der Waals surface area contributed by atoms with Crippen molar-refractivity contribution in [2.75, 3.05) is 7.11 Å². The van der Waals surface area contributed by atoms with E-state index in [4.69, 9.17) is 4.74 Å². The Hall–Kier alpha value is -3.87. The second-order valence-corrected chi connectivity index (χ2v) is 6.41. The molecule has 2 aliphatic heterocycles. The van der Waals surface area contributed by atoms with Crippen LogP contribution in [0.4, 0.5) is 0 Å². The molecule has 0 unspecified atom stereocenters. The molecule has 2 aromatic rings. The summed E-state index contributed by atoms with van der Waals surface area (Å²) in [7, 11) is 1.28. The normalized spacial score (nSPS) is 10.9. The van der Waals surface area contributed by atoms with Crippen LogP contribution in [0.15, 0.2) is 65.7 Å². The molecular formula is C21H17N3O4. The maximum atomic E-state index is 13.0. The fraction of sp³-hybridized carbons (Fsp3) is 0.0952.